The van der Waals surface area contributed by atoms with Gasteiger partial charge in [0.25, 0.3) is 0 Å². The molecule has 1 saturated heterocycles. The van der Waals surface area contributed by atoms with Gasteiger partial charge in [0.2, 0.25) is 0 Å². The van der Waals surface area contributed by atoms with Gasteiger partial charge in [-0.05, 0) is 0 Å². The van der Waals surface area contributed by atoms with Crippen molar-refractivity contribution in [2.24, 2.45) is 0 Å². The van der Waals surface area contributed by atoms with E-state index in [1.54, 1.807) is 39.1 Å². The average molecular weight is 395 g/mol. The van der Waals surface area contributed by atoms with Crippen molar-refractivity contribution in [3.8, 4) is 0 Å². The maximum absolute atomic E-state index is 2.50. The Morgan fingerprint density at radius 1 is 0.917 bits per heavy atom. The molecule has 1 fully saturated rings. The van der Waals surface area contributed by atoms with Gasteiger partial charge in [-0.15, -0.1) is 0 Å². The van der Waals surface area contributed by atoms with E-state index in [0.717, 1.165) is 0 Å². The van der Waals surface area contributed by atoms with Crippen LogP contribution in [0.5, 0.6) is 0 Å². The third-order valence-corrected chi connectivity index (χ3v) is 10.6. The number of hydrogen-bond donors (Lipinski definition) is 0. The van der Waals surface area contributed by atoms with Gasteiger partial charge in [0.05, 0.1) is 0 Å². The van der Waals surface area contributed by atoms with E-state index in [-0.39, 0.29) is 0 Å². The topological polar surface area (TPSA) is 0 Å². The zero-order valence-electron chi connectivity index (χ0n) is 7.86. The summed E-state index contributed by atoms with van der Waals surface area (Å²) in [7, 11) is 0. The van der Waals surface area contributed by atoms with Crippen molar-refractivity contribution in [2.75, 3.05) is 4.43 Å². The van der Waals surface area contributed by atoms with Crippen molar-refractivity contribution in [1.29, 1.82) is 0 Å². The predicted octanol–water partition coefficient (Wildman–Crippen LogP) is 4.27. The Morgan fingerprint density at radius 3 is 2.33 bits per heavy atom. The normalized spacial score (nSPS) is 19.8. The fourth-order valence-corrected chi connectivity index (χ4v) is 9.20. The van der Waals surface area contributed by atoms with Gasteiger partial charge < -0.3 is 0 Å². The molecule has 0 unspecified atom stereocenters. The van der Waals surface area contributed by atoms with Gasteiger partial charge in [-0.2, -0.15) is 0 Å². The Hall–Kier alpha value is 1.52. The molecule has 1 aliphatic heterocycles. The summed E-state index contributed by atoms with van der Waals surface area (Å²) in [6.45, 7) is 0. The van der Waals surface area contributed by atoms with Gasteiger partial charge in [0.1, 0.15) is 0 Å². The van der Waals surface area contributed by atoms with Gasteiger partial charge in [-0.1, -0.05) is 0 Å². The first-order chi connectivity index (χ1) is 5.93. The van der Waals surface area contributed by atoms with Crippen molar-refractivity contribution in [3.05, 3.63) is 0 Å². The second-order valence-corrected chi connectivity index (χ2v) is 11.6. The summed E-state index contributed by atoms with van der Waals surface area (Å²) < 4.78 is 6.47. The first-order valence-corrected chi connectivity index (χ1v) is 11.6. The molecule has 0 aromatic heterocycles. The zero-order chi connectivity index (χ0) is 8.65. The first kappa shape index (κ1) is 11.6. The number of hydrogen-bond acceptors (Lipinski definition) is 0. The number of halogens is 1. The Morgan fingerprint density at radius 2 is 1.67 bits per heavy atom. The summed E-state index contributed by atoms with van der Waals surface area (Å²) in [4.78, 5) is 0. The molecule has 0 bridgehead atoms. The zero-order valence-corrected chi connectivity index (χ0v) is 12.3. The molecular weight excluding hydrogens is 375 g/mol. The van der Waals surface area contributed by atoms with Crippen molar-refractivity contribution >= 4 is 42.1 Å². The Balaban J connectivity index is 1.91. The molecule has 1 rings (SSSR count). The predicted molar refractivity (Wildman–Crippen MR) is 66.8 cm³/mol. The van der Waals surface area contributed by atoms with Gasteiger partial charge in [-0.3, -0.25) is 0 Å². The third-order valence-electron chi connectivity index (χ3n) is 2.43. The molecule has 12 heavy (non-hydrogen) atoms. The van der Waals surface area contributed by atoms with E-state index in [1.807, 2.05) is 0 Å². The van der Waals surface area contributed by atoms with Crippen molar-refractivity contribution in [2.45, 2.75) is 51.9 Å². The summed E-state index contributed by atoms with van der Waals surface area (Å²) in [6, 6.07) is 0. The molecule has 0 N–H and O–H groups in total. The van der Waals surface area contributed by atoms with Crippen LogP contribution in [-0.4, -0.2) is 24.0 Å². The molecule has 0 saturated carbocycles. The molecule has 0 amide bonds. The van der Waals surface area contributed by atoms with Crippen LogP contribution in [0.3, 0.4) is 0 Å². The van der Waals surface area contributed by atoms with Crippen LogP contribution in [-0.2, 0) is 0 Å². The van der Waals surface area contributed by atoms with E-state index in [9.17, 15) is 0 Å². The minimum atomic E-state index is -0.457. The van der Waals surface area contributed by atoms with Crippen LogP contribution in [0, 0.1) is 0 Å². The van der Waals surface area contributed by atoms with Crippen LogP contribution >= 0.6 is 22.6 Å². The van der Waals surface area contributed by atoms with Gasteiger partial charge in [0.15, 0.2) is 0 Å². The second kappa shape index (κ2) is 7.88. The molecule has 0 spiro atoms. The Labute approximate surface area is 97.7 Å². The molecule has 0 atom stereocenters. The molecule has 0 aliphatic carbocycles. The summed E-state index contributed by atoms with van der Waals surface area (Å²) in [5, 5.41) is 0. The van der Waals surface area contributed by atoms with E-state index < -0.39 is 19.6 Å². The maximum atomic E-state index is 2.50. The first-order valence-electron chi connectivity index (χ1n) is 5.13. The monoisotopic (exact) mass is 397 g/mol. The average Bonchev–Trinajstić information content (AvgIpc) is 2.14. The van der Waals surface area contributed by atoms with Crippen LogP contribution in [0.15, 0.2) is 0 Å². The summed E-state index contributed by atoms with van der Waals surface area (Å²) in [5.41, 5.74) is 0. The van der Waals surface area contributed by atoms with Gasteiger partial charge in [0, 0.05) is 0 Å². The molecule has 1 heterocycles. The molecule has 72 valence electrons. The van der Waals surface area contributed by atoms with Crippen molar-refractivity contribution in [1.82, 2.24) is 0 Å². The molecule has 2 heteroatoms. The minimum absolute atomic E-state index is 0.457. The van der Waals surface area contributed by atoms with E-state index >= 15 is 0 Å². The Kier molecular flexibility index (Phi) is 7.61. The Bertz CT molecular complexity index is 100. The van der Waals surface area contributed by atoms with E-state index in [2.05, 4.69) is 22.6 Å². The number of alkyl halides is 1. The summed E-state index contributed by atoms with van der Waals surface area (Å²) in [6.07, 6.45) is 9.27. The molecule has 0 aromatic rings. The van der Waals surface area contributed by atoms with E-state index in [1.165, 1.54) is 17.3 Å². The van der Waals surface area contributed by atoms with Gasteiger partial charge in [-0.25, -0.2) is 0 Å². The van der Waals surface area contributed by atoms with Gasteiger partial charge >= 0.3 is 98.5 Å². The number of rotatable bonds is 5. The molecule has 0 nitrogen and oxygen atoms in total. The summed E-state index contributed by atoms with van der Waals surface area (Å²) in [5.74, 6) is 0. The van der Waals surface area contributed by atoms with Crippen LogP contribution in [0.1, 0.15) is 38.5 Å². The van der Waals surface area contributed by atoms with Crippen LogP contribution in [0.25, 0.3) is 0 Å². The van der Waals surface area contributed by atoms with Crippen LogP contribution < -0.4 is 0 Å². The SMILES string of the molecule is ICCCCC[Te+]1CCCCC1. The molecular formula is C10H20ITe+. The quantitative estimate of drug-likeness (QED) is 0.283. The standard InChI is InChI=1S/C10H20ITe/c11-7-3-1-4-8-12-9-5-2-6-10-12/h1-10H2/q+1. The molecule has 1 aliphatic rings. The molecule has 0 aromatic carbocycles. The number of unbranched alkanes of at least 4 members (excludes halogenated alkanes) is 2. The fourth-order valence-electron chi connectivity index (χ4n) is 1.67. The third kappa shape index (κ3) is 5.29. The molecule has 0 radical (unpaired) electrons. The fraction of sp³-hybridized carbons (Fsp3) is 1.00. The van der Waals surface area contributed by atoms with Crippen molar-refractivity contribution in [3.63, 3.8) is 0 Å². The van der Waals surface area contributed by atoms with E-state index in [4.69, 9.17) is 0 Å². The van der Waals surface area contributed by atoms with Crippen molar-refractivity contribution < 1.29 is 0 Å². The van der Waals surface area contributed by atoms with Crippen LogP contribution in [0.2, 0.25) is 13.4 Å². The van der Waals surface area contributed by atoms with E-state index in [0.29, 0.717) is 0 Å². The summed E-state index contributed by atoms with van der Waals surface area (Å²) >= 11 is 2.04. The second-order valence-electron chi connectivity index (χ2n) is 3.54. The van der Waals surface area contributed by atoms with Crippen LogP contribution in [0.4, 0.5) is 0 Å².